The van der Waals surface area contributed by atoms with Crippen molar-refractivity contribution in [2.75, 3.05) is 0 Å². The predicted molar refractivity (Wildman–Crippen MR) is 244 cm³/mol. The summed E-state index contributed by atoms with van der Waals surface area (Å²) in [6, 6.07) is 65.1. The Morgan fingerprint density at radius 2 is 0.817 bits per heavy atom. The minimum absolute atomic E-state index is 0.559. The third kappa shape index (κ3) is 6.52. The number of pyridine rings is 3. The Bertz CT molecular complexity index is 3340. The first-order valence-electron chi connectivity index (χ1n) is 19.9. The second-order valence-corrected chi connectivity index (χ2v) is 14.8. The van der Waals surface area contributed by atoms with Crippen LogP contribution in [0.5, 0.6) is 0 Å². The molecule has 0 aliphatic carbocycles. The first-order chi connectivity index (χ1) is 29.7. The zero-order valence-corrected chi connectivity index (χ0v) is 32.3. The summed E-state index contributed by atoms with van der Waals surface area (Å²) in [5.41, 5.74) is 12.8. The van der Waals surface area contributed by atoms with E-state index in [0.717, 1.165) is 77.6 Å². The average Bonchev–Trinajstić information content (AvgIpc) is 3.34. The minimum Gasteiger partial charge on any atom is -0.256 e. The normalized spacial score (nSPS) is 11.3. The zero-order valence-electron chi connectivity index (χ0n) is 32.3. The smallest absolute Gasteiger partial charge is 0.164 e. The highest BCUT2D eigenvalue weighted by Gasteiger charge is 2.18. The van der Waals surface area contributed by atoms with Crippen molar-refractivity contribution in [3.8, 4) is 78.8 Å². The molecule has 0 N–H and O–H groups in total. The summed E-state index contributed by atoms with van der Waals surface area (Å²) < 4.78 is 0. The highest BCUT2D eigenvalue weighted by atomic mass is 15.0. The Kier molecular flexibility index (Phi) is 8.71. The summed E-state index contributed by atoms with van der Waals surface area (Å²) in [4.78, 5) is 29.9. The van der Waals surface area contributed by atoms with Crippen molar-refractivity contribution < 1.29 is 0 Å². The van der Waals surface area contributed by atoms with E-state index in [1.165, 1.54) is 16.3 Å². The molecular formula is C54H34N6. The van der Waals surface area contributed by atoms with Gasteiger partial charge in [0, 0.05) is 51.6 Å². The van der Waals surface area contributed by atoms with Crippen LogP contribution in [0.4, 0.5) is 0 Å². The molecule has 11 aromatic rings. The Morgan fingerprint density at radius 3 is 1.58 bits per heavy atom. The molecule has 0 amide bonds. The van der Waals surface area contributed by atoms with Crippen molar-refractivity contribution in [2.45, 2.75) is 0 Å². The van der Waals surface area contributed by atoms with E-state index in [1.54, 1.807) is 0 Å². The molecule has 0 atom stereocenters. The van der Waals surface area contributed by atoms with Gasteiger partial charge in [0.15, 0.2) is 17.5 Å². The molecule has 4 heterocycles. The third-order valence-corrected chi connectivity index (χ3v) is 11.1. The van der Waals surface area contributed by atoms with E-state index in [0.29, 0.717) is 17.5 Å². The molecule has 0 unspecified atom stereocenters. The predicted octanol–water partition coefficient (Wildman–Crippen LogP) is 13.2. The number of rotatable bonds is 7. The molecule has 0 saturated heterocycles. The molecule has 0 aliphatic rings. The molecule has 0 spiro atoms. The fourth-order valence-electron chi connectivity index (χ4n) is 8.09. The quantitative estimate of drug-likeness (QED) is 0.150. The molecule has 6 nitrogen and oxygen atoms in total. The second kappa shape index (κ2) is 14.9. The van der Waals surface area contributed by atoms with Crippen molar-refractivity contribution in [3.63, 3.8) is 0 Å². The molecule has 0 bridgehead atoms. The van der Waals surface area contributed by atoms with Crippen LogP contribution in [0.25, 0.3) is 111 Å². The largest absolute Gasteiger partial charge is 0.256 e. The lowest BCUT2D eigenvalue weighted by Crippen LogP contribution is -2.01. The van der Waals surface area contributed by atoms with Crippen molar-refractivity contribution in [1.82, 2.24) is 29.9 Å². The van der Waals surface area contributed by atoms with Gasteiger partial charge in [0.1, 0.15) is 0 Å². The first-order valence-corrected chi connectivity index (χ1v) is 19.9. The van der Waals surface area contributed by atoms with Crippen molar-refractivity contribution >= 4 is 32.6 Å². The summed E-state index contributed by atoms with van der Waals surface area (Å²) in [5, 5.41) is 4.45. The summed E-state index contributed by atoms with van der Waals surface area (Å²) in [7, 11) is 0. The van der Waals surface area contributed by atoms with Gasteiger partial charge in [-0.1, -0.05) is 140 Å². The van der Waals surface area contributed by atoms with Crippen LogP contribution in [-0.2, 0) is 0 Å². The molecular weight excluding hydrogens is 733 g/mol. The molecule has 60 heavy (non-hydrogen) atoms. The molecule has 0 radical (unpaired) electrons. The van der Waals surface area contributed by atoms with Crippen LogP contribution in [0, 0.1) is 0 Å². The van der Waals surface area contributed by atoms with Crippen LogP contribution < -0.4 is 0 Å². The van der Waals surface area contributed by atoms with E-state index < -0.39 is 0 Å². The van der Waals surface area contributed by atoms with Gasteiger partial charge in [0.05, 0.1) is 16.7 Å². The number of hydrogen-bond acceptors (Lipinski definition) is 6. The Morgan fingerprint density at radius 1 is 0.267 bits per heavy atom. The van der Waals surface area contributed by atoms with Gasteiger partial charge in [0.2, 0.25) is 0 Å². The zero-order chi connectivity index (χ0) is 39.8. The number of fused-ring (bicyclic) bond motifs is 4. The fourth-order valence-corrected chi connectivity index (χ4v) is 8.09. The van der Waals surface area contributed by atoms with Gasteiger partial charge in [0.25, 0.3) is 0 Å². The highest BCUT2D eigenvalue weighted by molar-refractivity contribution is 6.10. The summed E-state index contributed by atoms with van der Waals surface area (Å²) in [6.45, 7) is 0. The van der Waals surface area contributed by atoms with Crippen LogP contribution >= 0.6 is 0 Å². The highest BCUT2D eigenvalue weighted by Crippen LogP contribution is 2.38. The molecule has 7 aromatic carbocycles. The van der Waals surface area contributed by atoms with Gasteiger partial charge >= 0.3 is 0 Å². The Labute approximate surface area is 346 Å². The summed E-state index contributed by atoms with van der Waals surface area (Å²) in [5.74, 6) is 1.73. The Hall–Kier alpha value is -8.22. The average molecular weight is 767 g/mol. The fraction of sp³-hybridized carbons (Fsp3) is 0. The number of benzene rings is 7. The maximum Gasteiger partial charge on any atom is 0.164 e. The summed E-state index contributed by atoms with van der Waals surface area (Å²) in [6.07, 6.45) is 5.46. The van der Waals surface area contributed by atoms with E-state index in [2.05, 4.69) is 152 Å². The lowest BCUT2D eigenvalue weighted by atomic mass is 9.93. The van der Waals surface area contributed by atoms with Gasteiger partial charge < -0.3 is 0 Å². The summed E-state index contributed by atoms with van der Waals surface area (Å²) >= 11 is 0. The monoisotopic (exact) mass is 766 g/mol. The molecule has 280 valence electrons. The number of hydrogen-bond donors (Lipinski definition) is 0. The van der Waals surface area contributed by atoms with Gasteiger partial charge in [-0.25, -0.2) is 15.0 Å². The van der Waals surface area contributed by atoms with Crippen LogP contribution in [0.15, 0.2) is 207 Å². The molecule has 6 heteroatoms. The third-order valence-electron chi connectivity index (χ3n) is 11.1. The van der Waals surface area contributed by atoms with Crippen LogP contribution in [0.3, 0.4) is 0 Å². The second-order valence-electron chi connectivity index (χ2n) is 14.8. The van der Waals surface area contributed by atoms with Gasteiger partial charge in [-0.3, -0.25) is 15.0 Å². The molecule has 0 fully saturated rings. The van der Waals surface area contributed by atoms with E-state index in [1.807, 2.05) is 55.0 Å². The van der Waals surface area contributed by atoms with Crippen molar-refractivity contribution in [2.24, 2.45) is 0 Å². The number of aromatic nitrogens is 6. The maximum atomic E-state index is 5.23. The standard InChI is InChI=1S/C54H34N6/c1-2-11-35(12-3-1)36-20-24-39(25-21-36)52-58-53(40-26-22-38(23-27-40)46-17-8-14-37-13-4-5-16-45(37)46)60-54(59-52)44-32-42(31-43(33-44)49-19-6-7-28-55-49)48-34-41-15-9-29-56-50(41)51-47(48)18-10-30-57-51/h1-34H. The lowest BCUT2D eigenvalue weighted by Gasteiger charge is -2.14. The molecule has 11 rings (SSSR count). The van der Waals surface area contributed by atoms with E-state index >= 15 is 0 Å². The molecule has 0 aliphatic heterocycles. The Balaban J connectivity index is 1.10. The van der Waals surface area contributed by atoms with Crippen LogP contribution in [0.1, 0.15) is 0 Å². The molecule has 4 aromatic heterocycles. The van der Waals surface area contributed by atoms with Gasteiger partial charge in [-0.15, -0.1) is 0 Å². The van der Waals surface area contributed by atoms with E-state index in [-0.39, 0.29) is 0 Å². The number of nitrogens with zero attached hydrogens (tertiary/aromatic N) is 6. The molecule has 0 saturated carbocycles. The van der Waals surface area contributed by atoms with Crippen LogP contribution in [-0.4, -0.2) is 29.9 Å². The van der Waals surface area contributed by atoms with Gasteiger partial charge in [-0.2, -0.15) is 0 Å². The van der Waals surface area contributed by atoms with Crippen molar-refractivity contribution in [3.05, 3.63) is 207 Å². The van der Waals surface area contributed by atoms with Gasteiger partial charge in [-0.05, 0) is 92.7 Å². The van der Waals surface area contributed by atoms with Crippen molar-refractivity contribution in [1.29, 1.82) is 0 Å². The van der Waals surface area contributed by atoms with E-state index in [9.17, 15) is 0 Å². The van der Waals surface area contributed by atoms with Crippen LogP contribution in [0.2, 0.25) is 0 Å². The first kappa shape index (κ1) is 35.0. The van der Waals surface area contributed by atoms with E-state index in [4.69, 9.17) is 29.9 Å². The minimum atomic E-state index is 0.559. The maximum absolute atomic E-state index is 5.23. The topological polar surface area (TPSA) is 77.3 Å². The lowest BCUT2D eigenvalue weighted by molar-refractivity contribution is 1.07. The SMILES string of the molecule is c1ccc(-c2ccc(-c3nc(-c4ccc(-c5cccc6ccccc56)cc4)nc(-c4cc(-c5ccccn5)cc(-c5cc6cccnc6c6ncccc56)c4)n3)cc2)cc1.